The van der Waals surface area contributed by atoms with E-state index < -0.39 is 0 Å². The number of nitrogens with zero attached hydrogens (tertiary/aromatic N) is 3. The van der Waals surface area contributed by atoms with Crippen molar-refractivity contribution in [3.05, 3.63) is 30.1 Å². The van der Waals surface area contributed by atoms with Gasteiger partial charge in [0, 0.05) is 24.0 Å². The fraction of sp³-hybridized carbons (Fsp3) is 0.455. The lowest BCUT2D eigenvalue weighted by atomic mass is 10.3. The second kappa shape index (κ2) is 4.77. The molecule has 0 amide bonds. The van der Waals surface area contributed by atoms with E-state index in [0.717, 1.165) is 23.2 Å². The molecule has 0 unspecified atom stereocenters. The summed E-state index contributed by atoms with van der Waals surface area (Å²) in [7, 11) is 0. The Balaban J connectivity index is 2.09. The lowest BCUT2D eigenvalue weighted by molar-refractivity contribution is 0.269. The van der Waals surface area contributed by atoms with Crippen LogP contribution in [0, 0.1) is 0 Å². The molecule has 0 N–H and O–H groups in total. The topological polar surface area (TPSA) is 28.5 Å². The van der Waals surface area contributed by atoms with E-state index in [2.05, 4.69) is 34.8 Å². The summed E-state index contributed by atoms with van der Waals surface area (Å²) in [6.45, 7) is 5.20. The molecule has 3 nitrogen and oxygen atoms in total. The zero-order valence-corrected chi connectivity index (χ0v) is 9.87. The van der Waals surface area contributed by atoms with Gasteiger partial charge in [0.15, 0.2) is 0 Å². The molecule has 0 aliphatic carbocycles. The Labute approximate surface area is 94.6 Å². The van der Waals surface area contributed by atoms with Gasteiger partial charge in [0.1, 0.15) is 5.04 Å². The van der Waals surface area contributed by atoms with E-state index in [1.165, 1.54) is 0 Å². The summed E-state index contributed by atoms with van der Waals surface area (Å²) < 4.78 is 0. The van der Waals surface area contributed by atoms with Crippen LogP contribution in [0.2, 0.25) is 0 Å². The molecule has 0 bridgehead atoms. The second-order valence-corrected chi connectivity index (χ2v) is 4.74. The summed E-state index contributed by atoms with van der Waals surface area (Å²) in [5.74, 6) is 1.02. The van der Waals surface area contributed by atoms with E-state index in [1.54, 1.807) is 18.0 Å². The van der Waals surface area contributed by atoms with Gasteiger partial charge in [-0.25, -0.2) is 0 Å². The van der Waals surface area contributed by atoms with Gasteiger partial charge in [-0.15, -0.1) is 0 Å². The van der Waals surface area contributed by atoms with Gasteiger partial charge in [0.05, 0.1) is 12.5 Å². The van der Waals surface area contributed by atoms with Crippen LogP contribution in [0.15, 0.2) is 29.5 Å². The van der Waals surface area contributed by atoms with Crippen LogP contribution in [-0.2, 0) is 0 Å². The van der Waals surface area contributed by atoms with Crippen molar-refractivity contribution in [3.63, 3.8) is 0 Å². The molecular formula is C11H15N3S. The molecular weight excluding hydrogens is 206 g/mol. The highest BCUT2D eigenvalue weighted by Crippen LogP contribution is 2.20. The van der Waals surface area contributed by atoms with E-state index in [9.17, 15) is 0 Å². The monoisotopic (exact) mass is 221 g/mol. The predicted molar refractivity (Wildman–Crippen MR) is 65.1 cm³/mol. The molecule has 1 aliphatic heterocycles. The summed E-state index contributed by atoms with van der Waals surface area (Å²) in [4.78, 5) is 11.0. The minimum atomic E-state index is 0.566. The van der Waals surface area contributed by atoms with Crippen molar-refractivity contribution in [2.75, 3.05) is 12.5 Å². The van der Waals surface area contributed by atoms with Crippen molar-refractivity contribution in [2.24, 2.45) is 4.99 Å². The van der Waals surface area contributed by atoms with Gasteiger partial charge in [0.2, 0.25) is 0 Å². The lowest BCUT2D eigenvalue weighted by Crippen LogP contribution is -2.34. The van der Waals surface area contributed by atoms with Crippen molar-refractivity contribution in [1.82, 2.24) is 9.88 Å². The van der Waals surface area contributed by atoms with Crippen molar-refractivity contribution >= 4 is 16.8 Å². The number of hydrogen-bond donors (Lipinski definition) is 0. The molecule has 15 heavy (non-hydrogen) atoms. The first kappa shape index (κ1) is 10.6. The Morgan fingerprint density at radius 2 is 2.33 bits per heavy atom. The van der Waals surface area contributed by atoms with Gasteiger partial charge in [-0.05, 0) is 26.0 Å². The normalized spacial score (nSPS) is 17.9. The second-order valence-electron chi connectivity index (χ2n) is 3.80. The van der Waals surface area contributed by atoms with Gasteiger partial charge < -0.3 is 0 Å². The summed E-state index contributed by atoms with van der Waals surface area (Å²) in [6.07, 6.45) is 3.66. The van der Waals surface area contributed by atoms with Crippen LogP contribution in [0.5, 0.6) is 0 Å². The predicted octanol–water partition coefficient (Wildman–Crippen LogP) is 2.20. The lowest BCUT2D eigenvalue weighted by Gasteiger charge is -2.28. The third-order valence-corrected chi connectivity index (χ3v) is 3.50. The largest absolute Gasteiger partial charge is 0.272 e. The van der Waals surface area contributed by atoms with E-state index in [1.807, 2.05) is 12.3 Å². The molecule has 1 aromatic rings. The Morgan fingerprint density at radius 1 is 1.47 bits per heavy atom. The number of thioether (sulfide) groups is 1. The maximum absolute atomic E-state index is 4.57. The Bertz CT molecular complexity index is 348. The molecule has 0 saturated carbocycles. The van der Waals surface area contributed by atoms with Crippen LogP contribution < -0.4 is 0 Å². The fourth-order valence-electron chi connectivity index (χ4n) is 1.36. The number of aliphatic imine (C=N–C) groups is 1. The zero-order valence-electron chi connectivity index (χ0n) is 9.05. The minimum Gasteiger partial charge on any atom is -0.272 e. The number of aromatic nitrogens is 1. The van der Waals surface area contributed by atoms with Gasteiger partial charge in [0.25, 0.3) is 0 Å². The van der Waals surface area contributed by atoms with Crippen LogP contribution in [0.1, 0.15) is 19.4 Å². The number of hydrogen-bond acceptors (Lipinski definition) is 4. The summed E-state index contributed by atoms with van der Waals surface area (Å²) in [6, 6.07) is 4.58. The molecule has 80 valence electrons. The SMILES string of the molecule is CC(C)N1CN=C(c2cccnc2)SC1. The van der Waals surface area contributed by atoms with Gasteiger partial charge in [-0.2, -0.15) is 0 Å². The molecule has 0 atom stereocenters. The Hall–Kier alpha value is -0.870. The van der Waals surface area contributed by atoms with E-state index >= 15 is 0 Å². The van der Waals surface area contributed by atoms with Crippen LogP contribution in [0.4, 0.5) is 0 Å². The Morgan fingerprint density at radius 3 is 2.87 bits per heavy atom. The third-order valence-electron chi connectivity index (χ3n) is 2.40. The first-order chi connectivity index (χ1) is 7.27. The maximum Gasteiger partial charge on any atom is 0.102 e. The molecule has 4 heteroatoms. The summed E-state index contributed by atoms with van der Waals surface area (Å²) >= 11 is 1.79. The van der Waals surface area contributed by atoms with Crippen LogP contribution in [0.3, 0.4) is 0 Å². The highest BCUT2D eigenvalue weighted by molar-refractivity contribution is 8.14. The van der Waals surface area contributed by atoms with Gasteiger partial charge in [-0.1, -0.05) is 11.8 Å². The third kappa shape index (κ3) is 2.58. The van der Waals surface area contributed by atoms with Crippen LogP contribution >= 0.6 is 11.8 Å². The van der Waals surface area contributed by atoms with Crippen molar-refractivity contribution < 1.29 is 0 Å². The van der Waals surface area contributed by atoms with E-state index in [0.29, 0.717) is 6.04 Å². The van der Waals surface area contributed by atoms with Crippen LogP contribution in [0.25, 0.3) is 0 Å². The highest BCUT2D eigenvalue weighted by atomic mass is 32.2. The number of rotatable bonds is 2. The molecule has 0 spiro atoms. The molecule has 0 radical (unpaired) electrons. The van der Waals surface area contributed by atoms with Gasteiger partial charge in [-0.3, -0.25) is 14.9 Å². The zero-order chi connectivity index (χ0) is 10.7. The first-order valence-corrected chi connectivity index (χ1v) is 6.07. The summed E-state index contributed by atoms with van der Waals surface area (Å²) in [5.41, 5.74) is 1.13. The van der Waals surface area contributed by atoms with E-state index in [-0.39, 0.29) is 0 Å². The maximum atomic E-state index is 4.57. The molecule has 2 rings (SSSR count). The molecule has 0 saturated heterocycles. The van der Waals surface area contributed by atoms with Crippen LogP contribution in [-0.4, -0.2) is 33.5 Å². The average molecular weight is 221 g/mol. The Kier molecular flexibility index (Phi) is 3.38. The first-order valence-electron chi connectivity index (χ1n) is 5.09. The van der Waals surface area contributed by atoms with E-state index in [4.69, 9.17) is 0 Å². The quantitative estimate of drug-likeness (QED) is 0.766. The number of pyridine rings is 1. The molecule has 2 heterocycles. The fourth-order valence-corrected chi connectivity index (χ4v) is 2.47. The van der Waals surface area contributed by atoms with Crippen molar-refractivity contribution in [1.29, 1.82) is 0 Å². The van der Waals surface area contributed by atoms with Crippen molar-refractivity contribution in [3.8, 4) is 0 Å². The van der Waals surface area contributed by atoms with Gasteiger partial charge >= 0.3 is 0 Å². The van der Waals surface area contributed by atoms with Crippen molar-refractivity contribution in [2.45, 2.75) is 19.9 Å². The molecule has 0 fully saturated rings. The minimum absolute atomic E-state index is 0.566. The molecule has 1 aliphatic rings. The molecule has 1 aromatic heterocycles. The average Bonchev–Trinajstić information content (AvgIpc) is 2.30. The standard InChI is InChI=1S/C11H15N3S/c1-9(2)14-7-13-11(15-8-14)10-4-3-5-12-6-10/h3-6,9H,7-8H2,1-2H3. The highest BCUT2D eigenvalue weighted by Gasteiger charge is 2.16. The smallest absolute Gasteiger partial charge is 0.102 e. The summed E-state index contributed by atoms with van der Waals surface area (Å²) in [5, 5.41) is 1.11. The molecule has 0 aromatic carbocycles.